The summed E-state index contributed by atoms with van der Waals surface area (Å²) in [5, 5.41) is 2.86. The van der Waals surface area contributed by atoms with Crippen LogP contribution in [0.1, 0.15) is 47.4 Å². The number of imidazole rings is 1. The number of nitrogens with zero attached hydrogens (tertiary/aromatic N) is 3. The van der Waals surface area contributed by atoms with Crippen LogP contribution in [-0.4, -0.2) is 39.2 Å². The van der Waals surface area contributed by atoms with Crippen LogP contribution in [0.25, 0.3) is 5.52 Å². The number of anilines is 1. The number of nitrogens with one attached hydrogen (secondary N) is 1. The van der Waals surface area contributed by atoms with E-state index in [9.17, 15) is 9.59 Å². The minimum Gasteiger partial charge on any atom is -0.338 e. The van der Waals surface area contributed by atoms with Gasteiger partial charge in [-0.25, -0.2) is 4.98 Å². The van der Waals surface area contributed by atoms with Gasteiger partial charge in [-0.15, -0.1) is 0 Å². The van der Waals surface area contributed by atoms with E-state index in [4.69, 9.17) is 0 Å². The van der Waals surface area contributed by atoms with Crippen molar-refractivity contribution in [1.82, 2.24) is 14.3 Å². The predicted octanol–water partition coefficient (Wildman–Crippen LogP) is 3.63. The molecule has 2 aromatic heterocycles. The number of rotatable bonds is 6. The first-order chi connectivity index (χ1) is 13.1. The van der Waals surface area contributed by atoms with Crippen LogP contribution >= 0.6 is 0 Å². The summed E-state index contributed by atoms with van der Waals surface area (Å²) in [6, 6.07) is 13.1. The van der Waals surface area contributed by atoms with E-state index in [1.54, 1.807) is 21.6 Å². The van der Waals surface area contributed by atoms with Crippen molar-refractivity contribution < 1.29 is 9.59 Å². The van der Waals surface area contributed by atoms with Crippen molar-refractivity contribution in [2.24, 2.45) is 0 Å². The number of aromatic nitrogens is 2. The van der Waals surface area contributed by atoms with E-state index in [-0.39, 0.29) is 17.6 Å². The van der Waals surface area contributed by atoms with Gasteiger partial charge in [-0.3, -0.25) is 14.0 Å². The van der Waals surface area contributed by atoms with Crippen LogP contribution in [0.4, 0.5) is 5.69 Å². The standard InChI is InChI=1S/C21H24N4O2/c1-4-15-10-12-16(13-11-15)22-20(26)19-23-18(21(27)24(5-2)6-3)17-9-7-8-14-25(17)19/h7-14H,4-6H2,1-3H3,(H,22,26). The summed E-state index contributed by atoms with van der Waals surface area (Å²) in [6.07, 6.45) is 2.69. The lowest BCUT2D eigenvalue weighted by Crippen LogP contribution is -2.31. The lowest BCUT2D eigenvalue weighted by molar-refractivity contribution is 0.0769. The zero-order chi connectivity index (χ0) is 19.4. The van der Waals surface area contributed by atoms with Crippen LogP contribution in [0.5, 0.6) is 0 Å². The summed E-state index contributed by atoms with van der Waals surface area (Å²) in [6.45, 7) is 7.11. The topological polar surface area (TPSA) is 66.7 Å². The van der Waals surface area contributed by atoms with Gasteiger partial charge in [-0.1, -0.05) is 25.1 Å². The van der Waals surface area contributed by atoms with Crippen molar-refractivity contribution in [2.75, 3.05) is 18.4 Å². The molecule has 2 amide bonds. The van der Waals surface area contributed by atoms with Crippen LogP contribution < -0.4 is 5.32 Å². The van der Waals surface area contributed by atoms with Gasteiger partial charge in [0.2, 0.25) is 5.82 Å². The van der Waals surface area contributed by atoms with E-state index in [0.717, 1.165) is 6.42 Å². The second-order valence-electron chi connectivity index (χ2n) is 6.22. The van der Waals surface area contributed by atoms with E-state index in [2.05, 4.69) is 17.2 Å². The lowest BCUT2D eigenvalue weighted by Gasteiger charge is -2.17. The number of amides is 2. The third kappa shape index (κ3) is 3.69. The summed E-state index contributed by atoms with van der Waals surface area (Å²) in [5.74, 6) is -0.324. The van der Waals surface area contributed by atoms with Gasteiger partial charge >= 0.3 is 0 Å². The SMILES string of the molecule is CCc1ccc(NC(=O)c2nc(C(=O)N(CC)CC)c3ccccn23)cc1. The fraction of sp³-hybridized carbons (Fsp3) is 0.286. The third-order valence-electron chi connectivity index (χ3n) is 4.62. The van der Waals surface area contributed by atoms with Crippen molar-refractivity contribution in [1.29, 1.82) is 0 Å². The van der Waals surface area contributed by atoms with Crippen LogP contribution in [0, 0.1) is 0 Å². The van der Waals surface area contributed by atoms with Crippen molar-refractivity contribution in [3.8, 4) is 0 Å². The van der Waals surface area contributed by atoms with Crippen LogP contribution in [0.15, 0.2) is 48.7 Å². The fourth-order valence-electron chi connectivity index (χ4n) is 3.03. The van der Waals surface area contributed by atoms with Crippen molar-refractivity contribution in [2.45, 2.75) is 27.2 Å². The van der Waals surface area contributed by atoms with E-state index in [1.807, 2.05) is 50.2 Å². The molecule has 3 aromatic rings. The minimum absolute atomic E-state index is 0.171. The van der Waals surface area contributed by atoms with Gasteiger partial charge < -0.3 is 10.2 Å². The molecule has 0 aliphatic heterocycles. The Morgan fingerprint density at radius 3 is 2.37 bits per heavy atom. The Labute approximate surface area is 158 Å². The van der Waals surface area contributed by atoms with E-state index in [0.29, 0.717) is 30.0 Å². The maximum atomic E-state index is 12.8. The molecule has 3 rings (SSSR count). The van der Waals surface area contributed by atoms with Gasteiger partial charge in [0.1, 0.15) is 0 Å². The Morgan fingerprint density at radius 1 is 1.04 bits per heavy atom. The largest absolute Gasteiger partial charge is 0.338 e. The van der Waals surface area contributed by atoms with Crippen molar-refractivity contribution in [3.05, 3.63) is 65.7 Å². The first kappa shape index (κ1) is 18.6. The van der Waals surface area contributed by atoms with E-state index in [1.165, 1.54) is 5.56 Å². The highest BCUT2D eigenvalue weighted by atomic mass is 16.2. The maximum absolute atomic E-state index is 12.8. The average Bonchev–Trinajstić information content (AvgIpc) is 3.09. The molecule has 6 nitrogen and oxygen atoms in total. The monoisotopic (exact) mass is 364 g/mol. The second-order valence-corrected chi connectivity index (χ2v) is 6.22. The summed E-state index contributed by atoms with van der Waals surface area (Å²) in [7, 11) is 0. The number of aryl methyl sites for hydroxylation is 1. The first-order valence-electron chi connectivity index (χ1n) is 9.25. The number of carbonyl (C=O) groups excluding carboxylic acids is 2. The number of hydrogen-bond donors (Lipinski definition) is 1. The van der Waals surface area contributed by atoms with Gasteiger partial charge in [-0.2, -0.15) is 0 Å². The normalized spacial score (nSPS) is 10.8. The van der Waals surface area contributed by atoms with Gasteiger partial charge in [-0.05, 0) is 50.1 Å². The minimum atomic E-state index is -0.348. The molecule has 0 radical (unpaired) electrons. The second kappa shape index (κ2) is 8.03. The number of pyridine rings is 1. The van der Waals surface area contributed by atoms with Gasteiger partial charge in [0, 0.05) is 25.0 Å². The molecule has 0 aliphatic rings. The van der Waals surface area contributed by atoms with Crippen LogP contribution in [0.3, 0.4) is 0 Å². The summed E-state index contributed by atoms with van der Waals surface area (Å²) >= 11 is 0. The molecular formula is C21H24N4O2. The van der Waals surface area contributed by atoms with Crippen LogP contribution in [0.2, 0.25) is 0 Å². The Kier molecular flexibility index (Phi) is 5.54. The van der Waals surface area contributed by atoms with E-state index >= 15 is 0 Å². The Morgan fingerprint density at radius 2 is 1.74 bits per heavy atom. The molecule has 1 aromatic carbocycles. The molecule has 0 bridgehead atoms. The molecule has 27 heavy (non-hydrogen) atoms. The molecule has 2 heterocycles. The van der Waals surface area contributed by atoms with E-state index < -0.39 is 0 Å². The summed E-state index contributed by atoms with van der Waals surface area (Å²) in [4.78, 5) is 31.7. The van der Waals surface area contributed by atoms with Crippen LogP contribution in [-0.2, 0) is 6.42 Å². The summed E-state index contributed by atoms with van der Waals surface area (Å²) in [5.41, 5.74) is 2.82. The predicted molar refractivity (Wildman–Crippen MR) is 106 cm³/mol. The Balaban J connectivity index is 1.96. The van der Waals surface area contributed by atoms with Gasteiger partial charge in [0.05, 0.1) is 5.52 Å². The fourth-order valence-corrected chi connectivity index (χ4v) is 3.03. The molecule has 1 N–H and O–H groups in total. The molecule has 140 valence electrons. The molecule has 0 saturated heterocycles. The highest BCUT2D eigenvalue weighted by Gasteiger charge is 2.24. The summed E-state index contributed by atoms with van der Waals surface area (Å²) < 4.78 is 1.66. The van der Waals surface area contributed by atoms with Crippen molar-refractivity contribution >= 4 is 23.0 Å². The third-order valence-corrected chi connectivity index (χ3v) is 4.62. The molecular weight excluding hydrogens is 340 g/mol. The average molecular weight is 364 g/mol. The van der Waals surface area contributed by atoms with Gasteiger partial charge in [0.25, 0.3) is 11.8 Å². The Hall–Kier alpha value is -3.15. The smallest absolute Gasteiger partial charge is 0.292 e. The zero-order valence-electron chi connectivity index (χ0n) is 15.9. The zero-order valence-corrected chi connectivity index (χ0v) is 15.9. The molecule has 0 fully saturated rings. The molecule has 0 aliphatic carbocycles. The number of carbonyl (C=O) groups is 2. The van der Waals surface area contributed by atoms with Crippen molar-refractivity contribution in [3.63, 3.8) is 0 Å². The highest BCUT2D eigenvalue weighted by Crippen LogP contribution is 2.17. The molecule has 0 saturated carbocycles. The highest BCUT2D eigenvalue weighted by molar-refractivity contribution is 6.06. The van der Waals surface area contributed by atoms with Gasteiger partial charge in [0.15, 0.2) is 5.69 Å². The lowest BCUT2D eigenvalue weighted by atomic mass is 10.1. The maximum Gasteiger partial charge on any atom is 0.292 e. The first-order valence-corrected chi connectivity index (χ1v) is 9.25. The number of benzene rings is 1. The number of fused-ring (bicyclic) bond motifs is 1. The number of hydrogen-bond acceptors (Lipinski definition) is 3. The molecule has 0 unspecified atom stereocenters. The Bertz CT molecular complexity index is 956. The molecule has 0 atom stereocenters. The molecule has 6 heteroatoms. The molecule has 0 spiro atoms. The quantitative estimate of drug-likeness (QED) is 0.726.